The van der Waals surface area contributed by atoms with E-state index in [0.717, 1.165) is 5.46 Å². The zero-order valence-electron chi connectivity index (χ0n) is 11.5. The van der Waals surface area contributed by atoms with E-state index in [1.807, 2.05) is 27.7 Å². The average Bonchev–Trinajstić information content (AvgIpc) is 2.77. The van der Waals surface area contributed by atoms with Crippen molar-refractivity contribution in [3.05, 3.63) is 24.3 Å². The van der Waals surface area contributed by atoms with Gasteiger partial charge in [-0.05, 0) is 33.8 Å². The third kappa shape index (κ3) is 1.86. The molecule has 2 aromatic rings. The lowest BCUT2D eigenvalue weighted by Crippen LogP contribution is -2.41. The van der Waals surface area contributed by atoms with Gasteiger partial charge in [-0.2, -0.15) is 0 Å². The highest BCUT2D eigenvalue weighted by molar-refractivity contribution is 6.65. The normalized spacial score (nSPS) is 21.2. The van der Waals surface area contributed by atoms with Crippen molar-refractivity contribution in [3.63, 3.8) is 0 Å². The van der Waals surface area contributed by atoms with E-state index in [9.17, 15) is 4.39 Å². The molecular formula is C13H16BFN2O2. The van der Waals surface area contributed by atoms with Gasteiger partial charge in [-0.3, -0.25) is 0 Å². The number of pyridine rings is 1. The molecule has 1 saturated heterocycles. The van der Waals surface area contributed by atoms with Gasteiger partial charge < -0.3 is 14.3 Å². The summed E-state index contributed by atoms with van der Waals surface area (Å²) < 4.78 is 25.3. The Morgan fingerprint density at radius 1 is 1.21 bits per heavy atom. The summed E-state index contributed by atoms with van der Waals surface area (Å²) in [6, 6.07) is 1.44. The fraction of sp³-hybridized carbons (Fsp3) is 0.462. The largest absolute Gasteiger partial charge is 0.497 e. The molecule has 0 spiro atoms. The number of H-pyrrole nitrogens is 1. The quantitative estimate of drug-likeness (QED) is 0.799. The molecule has 0 saturated carbocycles. The predicted octanol–water partition coefficient (Wildman–Crippen LogP) is 2.00. The summed E-state index contributed by atoms with van der Waals surface area (Å²) in [7, 11) is -0.512. The van der Waals surface area contributed by atoms with E-state index in [1.165, 1.54) is 12.3 Å². The van der Waals surface area contributed by atoms with Crippen LogP contribution in [0.15, 0.2) is 18.5 Å². The van der Waals surface area contributed by atoms with Crippen LogP contribution in [0.2, 0.25) is 0 Å². The molecule has 0 bridgehead atoms. The number of nitrogens with one attached hydrogen (secondary N) is 1. The van der Waals surface area contributed by atoms with Crippen LogP contribution in [0.5, 0.6) is 0 Å². The first-order valence-corrected chi connectivity index (χ1v) is 6.28. The number of nitrogens with zero attached hydrogens (tertiary/aromatic N) is 1. The molecule has 3 rings (SSSR count). The van der Waals surface area contributed by atoms with Gasteiger partial charge in [0.1, 0.15) is 11.5 Å². The molecule has 6 heteroatoms. The molecule has 0 amide bonds. The lowest BCUT2D eigenvalue weighted by Gasteiger charge is -2.32. The second-order valence-corrected chi connectivity index (χ2v) is 5.88. The Hall–Kier alpha value is -1.40. The fourth-order valence-electron chi connectivity index (χ4n) is 2.16. The van der Waals surface area contributed by atoms with Crippen LogP contribution in [-0.4, -0.2) is 28.3 Å². The van der Waals surface area contributed by atoms with Crippen LogP contribution in [0.25, 0.3) is 11.0 Å². The highest BCUT2D eigenvalue weighted by Gasteiger charge is 2.52. The first-order valence-electron chi connectivity index (χ1n) is 6.28. The lowest BCUT2D eigenvalue weighted by molar-refractivity contribution is 0.00578. The van der Waals surface area contributed by atoms with Gasteiger partial charge in [-0.25, -0.2) is 9.37 Å². The van der Waals surface area contributed by atoms with Gasteiger partial charge in [0.15, 0.2) is 0 Å². The Morgan fingerprint density at radius 3 is 2.47 bits per heavy atom. The second kappa shape index (κ2) is 3.80. The van der Waals surface area contributed by atoms with Crippen LogP contribution in [0.3, 0.4) is 0 Å². The van der Waals surface area contributed by atoms with Gasteiger partial charge in [0.25, 0.3) is 0 Å². The van der Waals surface area contributed by atoms with Crippen LogP contribution in [0.1, 0.15) is 27.7 Å². The highest BCUT2D eigenvalue weighted by Crippen LogP contribution is 2.36. The van der Waals surface area contributed by atoms with E-state index >= 15 is 0 Å². The Kier molecular flexibility index (Phi) is 2.53. The fourth-order valence-corrected chi connectivity index (χ4v) is 2.16. The number of aromatic amines is 1. The molecule has 1 fully saturated rings. The maximum atomic E-state index is 13.3. The van der Waals surface area contributed by atoms with Crippen molar-refractivity contribution < 1.29 is 13.7 Å². The molecule has 100 valence electrons. The van der Waals surface area contributed by atoms with Crippen LogP contribution in [0.4, 0.5) is 4.39 Å². The minimum atomic E-state index is -0.512. The summed E-state index contributed by atoms with van der Waals surface area (Å²) in [5.74, 6) is -0.370. The van der Waals surface area contributed by atoms with Crippen LogP contribution < -0.4 is 5.46 Å². The maximum absolute atomic E-state index is 13.3. The van der Waals surface area contributed by atoms with Crippen molar-refractivity contribution in [1.82, 2.24) is 9.97 Å². The van der Waals surface area contributed by atoms with Crippen LogP contribution >= 0.6 is 0 Å². The van der Waals surface area contributed by atoms with Gasteiger partial charge >= 0.3 is 7.12 Å². The summed E-state index contributed by atoms with van der Waals surface area (Å²) >= 11 is 0. The molecule has 3 heterocycles. The molecule has 0 atom stereocenters. The minimum Gasteiger partial charge on any atom is -0.399 e. The van der Waals surface area contributed by atoms with Crippen molar-refractivity contribution in [2.24, 2.45) is 0 Å². The molecule has 0 aliphatic carbocycles. The predicted molar refractivity (Wildman–Crippen MR) is 71.8 cm³/mol. The molecule has 1 N–H and O–H groups in total. The van der Waals surface area contributed by atoms with E-state index < -0.39 is 18.3 Å². The molecule has 19 heavy (non-hydrogen) atoms. The van der Waals surface area contributed by atoms with E-state index in [4.69, 9.17) is 9.31 Å². The number of rotatable bonds is 1. The van der Waals surface area contributed by atoms with Gasteiger partial charge in [-0.15, -0.1) is 0 Å². The van der Waals surface area contributed by atoms with Crippen LogP contribution in [-0.2, 0) is 9.31 Å². The third-order valence-electron chi connectivity index (χ3n) is 4.04. The average molecular weight is 262 g/mol. The molecule has 0 unspecified atom stereocenters. The SMILES string of the molecule is CC1(C)OB(c2c[nH]c3ncc(F)cc23)OC1(C)C. The Balaban J connectivity index is 2.05. The summed E-state index contributed by atoms with van der Waals surface area (Å²) in [6.07, 6.45) is 2.95. The van der Waals surface area contributed by atoms with Gasteiger partial charge in [0, 0.05) is 17.0 Å². The van der Waals surface area contributed by atoms with Crippen molar-refractivity contribution in [3.8, 4) is 0 Å². The van der Waals surface area contributed by atoms with E-state index in [2.05, 4.69) is 9.97 Å². The summed E-state index contributed by atoms with van der Waals surface area (Å²) in [4.78, 5) is 7.01. The molecule has 0 radical (unpaired) electrons. The van der Waals surface area contributed by atoms with E-state index in [1.54, 1.807) is 6.20 Å². The van der Waals surface area contributed by atoms with Gasteiger partial charge in [0.05, 0.1) is 17.4 Å². The molecule has 4 nitrogen and oxygen atoms in total. The number of hydrogen-bond acceptors (Lipinski definition) is 3. The smallest absolute Gasteiger partial charge is 0.399 e. The summed E-state index contributed by atoms with van der Waals surface area (Å²) in [5, 5.41) is 0.693. The Labute approximate surface area is 111 Å². The lowest BCUT2D eigenvalue weighted by atomic mass is 9.79. The first kappa shape index (κ1) is 12.6. The second-order valence-electron chi connectivity index (χ2n) is 5.88. The van der Waals surface area contributed by atoms with Gasteiger partial charge in [0.2, 0.25) is 0 Å². The minimum absolute atomic E-state index is 0.370. The topological polar surface area (TPSA) is 47.1 Å². The van der Waals surface area contributed by atoms with Crippen LogP contribution in [0, 0.1) is 5.82 Å². The molecular weight excluding hydrogens is 246 g/mol. The molecule has 1 aliphatic heterocycles. The number of hydrogen-bond donors (Lipinski definition) is 1. The highest BCUT2D eigenvalue weighted by atomic mass is 19.1. The summed E-state index contributed by atoms with van der Waals surface area (Å²) in [6.45, 7) is 7.95. The zero-order valence-corrected chi connectivity index (χ0v) is 11.5. The Morgan fingerprint density at radius 2 is 1.84 bits per heavy atom. The van der Waals surface area contributed by atoms with Crippen molar-refractivity contribution in [1.29, 1.82) is 0 Å². The molecule has 2 aromatic heterocycles. The summed E-state index contributed by atoms with van der Waals surface area (Å²) in [5.41, 5.74) is 0.580. The molecule has 1 aliphatic rings. The van der Waals surface area contributed by atoms with Crippen molar-refractivity contribution in [2.75, 3.05) is 0 Å². The van der Waals surface area contributed by atoms with Gasteiger partial charge in [-0.1, -0.05) is 0 Å². The zero-order chi connectivity index (χ0) is 13.8. The Bertz CT molecular complexity index is 623. The van der Waals surface area contributed by atoms with E-state index in [-0.39, 0.29) is 5.82 Å². The maximum Gasteiger partial charge on any atom is 0.497 e. The standard InChI is InChI=1S/C13H16BFN2O2/c1-12(2)13(3,4)19-14(18-12)10-7-17-11-9(10)5-8(15)6-16-11/h5-7H,1-4H3,(H,16,17). The monoisotopic (exact) mass is 262 g/mol. The first-order chi connectivity index (χ1) is 8.80. The number of fused-ring (bicyclic) bond motifs is 1. The van der Waals surface area contributed by atoms with Crippen molar-refractivity contribution >= 4 is 23.6 Å². The third-order valence-corrected chi connectivity index (χ3v) is 4.04. The number of halogens is 1. The van der Waals surface area contributed by atoms with Crippen molar-refractivity contribution in [2.45, 2.75) is 38.9 Å². The van der Waals surface area contributed by atoms with E-state index in [0.29, 0.717) is 11.0 Å². The number of aromatic nitrogens is 2. The molecule has 0 aromatic carbocycles.